The standard InChI is InChI=1S/C19H20FN3O2/c1-12-5-3-8-17(21-12)22-18(24)11-23(2)19(25)16-10-15(16)13-6-4-7-14(20)9-13/h3-9,15-16H,10-11H2,1-2H3,(H,21,22,24). The van der Waals surface area contributed by atoms with Crippen molar-refractivity contribution in [3.05, 3.63) is 59.5 Å². The van der Waals surface area contributed by atoms with Crippen LogP contribution in [0.4, 0.5) is 10.2 Å². The van der Waals surface area contributed by atoms with Gasteiger partial charge in [0.25, 0.3) is 0 Å². The second-order valence-electron chi connectivity index (χ2n) is 6.41. The van der Waals surface area contributed by atoms with Crippen LogP contribution in [0.2, 0.25) is 0 Å². The van der Waals surface area contributed by atoms with Crippen LogP contribution in [-0.4, -0.2) is 35.3 Å². The quantitative estimate of drug-likeness (QED) is 0.909. The van der Waals surface area contributed by atoms with Crippen molar-refractivity contribution in [3.8, 4) is 0 Å². The van der Waals surface area contributed by atoms with Crippen molar-refractivity contribution >= 4 is 17.6 Å². The van der Waals surface area contributed by atoms with Crippen molar-refractivity contribution in [1.29, 1.82) is 0 Å². The van der Waals surface area contributed by atoms with Crippen molar-refractivity contribution in [2.45, 2.75) is 19.3 Å². The average molecular weight is 341 g/mol. The Labute approximate surface area is 145 Å². The number of hydrogen-bond donors (Lipinski definition) is 1. The van der Waals surface area contributed by atoms with Gasteiger partial charge in [-0.05, 0) is 49.1 Å². The largest absolute Gasteiger partial charge is 0.336 e. The molecule has 1 aliphatic carbocycles. The molecular formula is C19H20FN3O2. The molecule has 2 amide bonds. The van der Waals surface area contributed by atoms with Crippen molar-refractivity contribution < 1.29 is 14.0 Å². The van der Waals surface area contributed by atoms with Crippen molar-refractivity contribution in [2.24, 2.45) is 5.92 Å². The summed E-state index contributed by atoms with van der Waals surface area (Å²) in [5.74, 6) is -0.369. The summed E-state index contributed by atoms with van der Waals surface area (Å²) in [6, 6.07) is 11.7. The van der Waals surface area contributed by atoms with Crippen molar-refractivity contribution in [1.82, 2.24) is 9.88 Å². The highest BCUT2D eigenvalue weighted by Gasteiger charge is 2.45. The average Bonchev–Trinajstić information content (AvgIpc) is 3.34. The Morgan fingerprint density at radius 2 is 2.04 bits per heavy atom. The maximum absolute atomic E-state index is 13.3. The highest BCUT2D eigenvalue weighted by Crippen LogP contribution is 2.48. The predicted molar refractivity (Wildman–Crippen MR) is 92.5 cm³/mol. The van der Waals surface area contributed by atoms with E-state index in [1.54, 1.807) is 25.2 Å². The lowest BCUT2D eigenvalue weighted by atomic mass is 10.1. The Morgan fingerprint density at radius 1 is 1.28 bits per heavy atom. The minimum atomic E-state index is -0.297. The van der Waals surface area contributed by atoms with Gasteiger partial charge in [-0.25, -0.2) is 9.37 Å². The number of halogens is 1. The van der Waals surface area contributed by atoms with E-state index in [-0.39, 0.29) is 36.0 Å². The van der Waals surface area contributed by atoms with Gasteiger partial charge in [-0.1, -0.05) is 18.2 Å². The number of amides is 2. The van der Waals surface area contributed by atoms with Crippen LogP contribution in [-0.2, 0) is 9.59 Å². The Bertz CT molecular complexity index is 809. The number of nitrogens with zero attached hydrogens (tertiary/aromatic N) is 2. The maximum Gasteiger partial charge on any atom is 0.245 e. The van der Waals surface area contributed by atoms with Crippen LogP contribution < -0.4 is 5.32 Å². The second kappa shape index (κ2) is 7.01. The lowest BCUT2D eigenvalue weighted by molar-refractivity contribution is -0.134. The van der Waals surface area contributed by atoms with E-state index < -0.39 is 0 Å². The number of likely N-dealkylation sites (N-methyl/N-ethyl adjacent to an activating group) is 1. The first-order valence-corrected chi connectivity index (χ1v) is 8.18. The van der Waals surface area contributed by atoms with E-state index >= 15 is 0 Å². The zero-order valence-corrected chi connectivity index (χ0v) is 14.2. The lowest BCUT2D eigenvalue weighted by Gasteiger charge is -2.17. The third kappa shape index (κ3) is 4.21. The Balaban J connectivity index is 1.54. The van der Waals surface area contributed by atoms with Gasteiger partial charge in [0.15, 0.2) is 0 Å². The fraction of sp³-hybridized carbons (Fsp3) is 0.316. The molecule has 130 valence electrons. The van der Waals surface area contributed by atoms with Crippen LogP contribution in [0, 0.1) is 18.7 Å². The molecule has 0 spiro atoms. The smallest absolute Gasteiger partial charge is 0.245 e. The number of aromatic nitrogens is 1. The van der Waals surface area contributed by atoms with Crippen molar-refractivity contribution in [3.63, 3.8) is 0 Å². The number of nitrogens with one attached hydrogen (secondary N) is 1. The number of aryl methyl sites for hydroxylation is 1. The van der Waals surface area contributed by atoms with Crippen LogP contribution in [0.5, 0.6) is 0 Å². The molecule has 2 unspecified atom stereocenters. The summed E-state index contributed by atoms with van der Waals surface area (Å²) < 4.78 is 13.3. The summed E-state index contributed by atoms with van der Waals surface area (Å²) in [4.78, 5) is 30.1. The molecule has 0 aliphatic heterocycles. The molecule has 1 aliphatic rings. The van der Waals surface area contributed by atoms with Crippen LogP contribution in [0.1, 0.15) is 23.6 Å². The summed E-state index contributed by atoms with van der Waals surface area (Å²) >= 11 is 0. The molecule has 2 aromatic rings. The minimum Gasteiger partial charge on any atom is -0.336 e. The zero-order valence-electron chi connectivity index (χ0n) is 14.2. The van der Waals surface area contributed by atoms with Gasteiger partial charge >= 0.3 is 0 Å². The van der Waals surface area contributed by atoms with E-state index in [1.165, 1.54) is 17.0 Å². The van der Waals surface area contributed by atoms with Gasteiger partial charge in [0.05, 0.1) is 6.54 Å². The molecule has 6 heteroatoms. The van der Waals surface area contributed by atoms with Crippen LogP contribution in [0.3, 0.4) is 0 Å². The normalized spacial score (nSPS) is 18.5. The highest BCUT2D eigenvalue weighted by atomic mass is 19.1. The summed E-state index contributed by atoms with van der Waals surface area (Å²) in [6.07, 6.45) is 0.688. The fourth-order valence-electron chi connectivity index (χ4n) is 2.94. The van der Waals surface area contributed by atoms with E-state index in [1.807, 2.05) is 19.1 Å². The Kier molecular flexibility index (Phi) is 4.79. The summed E-state index contributed by atoms with van der Waals surface area (Å²) in [6.45, 7) is 1.80. The van der Waals surface area contributed by atoms with Gasteiger partial charge in [0.2, 0.25) is 11.8 Å². The van der Waals surface area contributed by atoms with Crippen LogP contribution in [0.25, 0.3) is 0 Å². The monoisotopic (exact) mass is 341 g/mol. The van der Waals surface area contributed by atoms with Gasteiger partial charge in [-0.3, -0.25) is 9.59 Å². The first-order valence-electron chi connectivity index (χ1n) is 8.18. The summed E-state index contributed by atoms with van der Waals surface area (Å²) in [5.41, 5.74) is 1.64. The first-order chi connectivity index (χ1) is 11.9. The van der Waals surface area contributed by atoms with Gasteiger partial charge in [0.1, 0.15) is 11.6 Å². The lowest BCUT2D eigenvalue weighted by Crippen LogP contribution is -2.36. The highest BCUT2D eigenvalue weighted by molar-refractivity contribution is 5.94. The van der Waals surface area contributed by atoms with Crippen LogP contribution >= 0.6 is 0 Å². The molecular weight excluding hydrogens is 321 g/mol. The molecule has 1 heterocycles. The zero-order chi connectivity index (χ0) is 18.0. The van der Waals surface area contributed by atoms with E-state index in [0.29, 0.717) is 12.2 Å². The van der Waals surface area contributed by atoms with E-state index in [4.69, 9.17) is 0 Å². The molecule has 1 aromatic heterocycles. The molecule has 0 saturated heterocycles. The molecule has 25 heavy (non-hydrogen) atoms. The molecule has 0 bridgehead atoms. The summed E-state index contributed by atoms with van der Waals surface area (Å²) in [5, 5.41) is 2.68. The van der Waals surface area contributed by atoms with E-state index in [9.17, 15) is 14.0 Å². The predicted octanol–water partition coefficient (Wildman–Crippen LogP) is 2.73. The number of benzene rings is 1. The molecule has 5 nitrogen and oxygen atoms in total. The van der Waals surface area contributed by atoms with Gasteiger partial charge in [0, 0.05) is 18.7 Å². The Morgan fingerprint density at radius 3 is 2.76 bits per heavy atom. The molecule has 0 radical (unpaired) electrons. The molecule has 1 N–H and O–H groups in total. The topological polar surface area (TPSA) is 62.3 Å². The SMILES string of the molecule is Cc1cccc(NC(=O)CN(C)C(=O)C2CC2c2cccc(F)c2)n1. The third-order valence-corrected chi connectivity index (χ3v) is 4.30. The second-order valence-corrected chi connectivity index (χ2v) is 6.41. The van der Waals surface area contributed by atoms with Crippen molar-refractivity contribution in [2.75, 3.05) is 18.9 Å². The van der Waals surface area contributed by atoms with E-state index in [2.05, 4.69) is 10.3 Å². The molecule has 1 fully saturated rings. The molecule has 3 rings (SSSR count). The number of carbonyl (C=O) groups is 2. The third-order valence-electron chi connectivity index (χ3n) is 4.30. The number of carbonyl (C=O) groups excluding carboxylic acids is 2. The van der Waals surface area contributed by atoms with Gasteiger partial charge in [-0.15, -0.1) is 0 Å². The molecule has 2 atom stereocenters. The maximum atomic E-state index is 13.3. The van der Waals surface area contributed by atoms with Gasteiger partial charge in [-0.2, -0.15) is 0 Å². The minimum absolute atomic E-state index is 0.0344. The number of pyridine rings is 1. The molecule has 1 aromatic carbocycles. The number of hydrogen-bond acceptors (Lipinski definition) is 3. The first kappa shape index (κ1) is 17.1. The number of rotatable bonds is 5. The van der Waals surface area contributed by atoms with Gasteiger partial charge < -0.3 is 10.2 Å². The van der Waals surface area contributed by atoms with Crippen LogP contribution in [0.15, 0.2) is 42.5 Å². The number of anilines is 1. The van der Waals surface area contributed by atoms with E-state index in [0.717, 1.165) is 11.3 Å². The Hall–Kier alpha value is -2.76. The fourth-order valence-corrected chi connectivity index (χ4v) is 2.94. The summed E-state index contributed by atoms with van der Waals surface area (Å²) in [7, 11) is 1.60. The molecule has 1 saturated carbocycles.